The Hall–Kier alpha value is -3.03. The number of hydrogen-bond acceptors (Lipinski definition) is 6. The van der Waals surface area contributed by atoms with E-state index in [4.69, 9.17) is 24.7 Å². The number of rotatable bonds is 9. The van der Waals surface area contributed by atoms with Crippen molar-refractivity contribution < 1.29 is 18.9 Å². The van der Waals surface area contributed by atoms with Crippen LogP contribution >= 0.6 is 0 Å². The number of imidazole rings is 1. The summed E-state index contributed by atoms with van der Waals surface area (Å²) in [5.74, 6) is 0.883. The van der Waals surface area contributed by atoms with Crippen LogP contribution in [0.15, 0.2) is 67.3 Å². The van der Waals surface area contributed by atoms with Gasteiger partial charge in [-0.05, 0) is 48.4 Å². The zero-order chi connectivity index (χ0) is 20.8. The van der Waals surface area contributed by atoms with Gasteiger partial charge in [-0.15, -0.1) is 0 Å². The fourth-order valence-electron chi connectivity index (χ4n) is 3.53. The molecule has 2 heterocycles. The van der Waals surface area contributed by atoms with Gasteiger partial charge in [0.15, 0.2) is 5.79 Å². The van der Waals surface area contributed by atoms with Crippen LogP contribution in [0.3, 0.4) is 0 Å². The minimum absolute atomic E-state index is 0.151. The van der Waals surface area contributed by atoms with Crippen molar-refractivity contribution in [1.82, 2.24) is 9.55 Å². The molecule has 0 radical (unpaired) electrons. The number of nitrogen functional groups attached to an aromatic ring is 1. The Morgan fingerprint density at radius 1 is 1.13 bits per heavy atom. The van der Waals surface area contributed by atoms with Gasteiger partial charge in [-0.1, -0.05) is 12.1 Å². The van der Waals surface area contributed by atoms with E-state index >= 15 is 0 Å². The van der Waals surface area contributed by atoms with Crippen LogP contribution < -0.4 is 15.2 Å². The van der Waals surface area contributed by atoms with Crippen LogP contribution in [-0.2, 0) is 22.4 Å². The Morgan fingerprint density at radius 3 is 2.60 bits per heavy atom. The van der Waals surface area contributed by atoms with E-state index < -0.39 is 5.79 Å². The summed E-state index contributed by atoms with van der Waals surface area (Å²) < 4.78 is 25.7. The Balaban J connectivity index is 1.39. The van der Waals surface area contributed by atoms with Gasteiger partial charge in [0.1, 0.15) is 24.2 Å². The van der Waals surface area contributed by atoms with Crippen molar-refractivity contribution in [2.45, 2.75) is 31.3 Å². The first-order valence-corrected chi connectivity index (χ1v) is 10.0. The van der Waals surface area contributed by atoms with E-state index in [-0.39, 0.29) is 6.10 Å². The predicted molar refractivity (Wildman–Crippen MR) is 113 cm³/mol. The molecule has 0 saturated carbocycles. The summed E-state index contributed by atoms with van der Waals surface area (Å²) in [7, 11) is 1.67. The van der Waals surface area contributed by atoms with Crippen molar-refractivity contribution in [3.63, 3.8) is 0 Å². The van der Waals surface area contributed by atoms with Crippen LogP contribution in [0.25, 0.3) is 0 Å². The molecule has 4 rings (SSSR count). The van der Waals surface area contributed by atoms with Gasteiger partial charge in [0, 0.05) is 24.5 Å². The first kappa shape index (κ1) is 20.3. The quantitative estimate of drug-likeness (QED) is 0.546. The molecule has 2 N–H and O–H groups in total. The molecule has 158 valence electrons. The number of methoxy groups -OCH3 is 1. The predicted octanol–water partition coefficient (Wildman–Crippen LogP) is 3.30. The summed E-state index contributed by atoms with van der Waals surface area (Å²) in [6.07, 6.45) is 6.84. The van der Waals surface area contributed by atoms with Gasteiger partial charge < -0.3 is 29.2 Å². The molecule has 2 unspecified atom stereocenters. The van der Waals surface area contributed by atoms with E-state index in [0.717, 1.165) is 24.3 Å². The second-order valence-electron chi connectivity index (χ2n) is 7.42. The van der Waals surface area contributed by atoms with Gasteiger partial charge in [-0.25, -0.2) is 4.98 Å². The molecule has 1 saturated heterocycles. The van der Waals surface area contributed by atoms with E-state index in [0.29, 0.717) is 25.4 Å². The largest absolute Gasteiger partial charge is 0.497 e. The lowest BCUT2D eigenvalue weighted by Gasteiger charge is -2.28. The van der Waals surface area contributed by atoms with E-state index in [1.54, 1.807) is 19.6 Å². The maximum absolute atomic E-state index is 6.39. The fraction of sp³-hybridized carbons (Fsp3) is 0.348. The number of aromatic nitrogens is 2. The molecule has 0 amide bonds. The number of ether oxygens (including phenoxy) is 4. The molecule has 3 aromatic rings. The molecule has 1 aromatic heterocycles. The molecule has 7 nitrogen and oxygen atoms in total. The molecule has 1 aliphatic heterocycles. The normalized spacial score (nSPS) is 20.9. The highest BCUT2D eigenvalue weighted by molar-refractivity contribution is 5.41. The van der Waals surface area contributed by atoms with Crippen LogP contribution in [0, 0.1) is 0 Å². The zero-order valence-corrected chi connectivity index (χ0v) is 17.1. The summed E-state index contributed by atoms with van der Waals surface area (Å²) in [6.45, 7) is 1.46. The lowest BCUT2D eigenvalue weighted by molar-refractivity contribution is -0.184. The first-order valence-electron chi connectivity index (χ1n) is 10.0. The van der Waals surface area contributed by atoms with Gasteiger partial charge in [0.25, 0.3) is 0 Å². The van der Waals surface area contributed by atoms with Gasteiger partial charge in [0.05, 0.1) is 26.6 Å². The van der Waals surface area contributed by atoms with Crippen molar-refractivity contribution >= 4 is 5.69 Å². The monoisotopic (exact) mass is 409 g/mol. The Kier molecular flexibility index (Phi) is 6.21. The third-order valence-electron chi connectivity index (χ3n) is 5.17. The van der Waals surface area contributed by atoms with Crippen molar-refractivity contribution in [3.05, 3.63) is 72.8 Å². The van der Waals surface area contributed by atoms with Gasteiger partial charge in [0.2, 0.25) is 0 Å². The second kappa shape index (κ2) is 9.19. The molecular formula is C23H27N3O4. The summed E-state index contributed by atoms with van der Waals surface area (Å²) in [6, 6.07) is 15.4. The van der Waals surface area contributed by atoms with Crippen LogP contribution in [0.4, 0.5) is 5.69 Å². The number of nitrogens with two attached hydrogens (primary N) is 1. The average molecular weight is 409 g/mol. The van der Waals surface area contributed by atoms with E-state index in [1.807, 2.05) is 47.2 Å². The lowest BCUT2D eigenvalue weighted by Crippen LogP contribution is -2.37. The first-order chi connectivity index (χ1) is 14.6. The SMILES string of the molecule is COc1ccc(CCC2(Cn3ccnc3)OCC(COc3ccc(N)cc3)O2)cc1. The molecule has 0 aliphatic carbocycles. The molecule has 0 bridgehead atoms. The number of benzene rings is 2. The third kappa shape index (κ3) is 5.11. The van der Waals surface area contributed by atoms with Crippen LogP contribution in [-0.4, -0.2) is 41.8 Å². The standard InChI is InChI=1S/C23H27N3O4/c1-27-20-6-2-18(3-7-20)10-11-23(16-26-13-12-25-17-26)29-15-22(30-23)14-28-21-8-4-19(24)5-9-21/h2-9,12-13,17,22H,10-11,14-16,24H2,1H3. The third-order valence-corrected chi connectivity index (χ3v) is 5.17. The topological polar surface area (TPSA) is 80.8 Å². The molecule has 0 spiro atoms. The van der Waals surface area contributed by atoms with E-state index in [1.165, 1.54) is 5.56 Å². The number of hydrogen-bond donors (Lipinski definition) is 1. The Bertz CT molecular complexity index is 913. The van der Waals surface area contributed by atoms with E-state index in [9.17, 15) is 0 Å². The van der Waals surface area contributed by atoms with Crippen molar-refractivity contribution in [2.24, 2.45) is 0 Å². The maximum atomic E-state index is 6.39. The highest BCUT2D eigenvalue weighted by Crippen LogP contribution is 2.31. The molecule has 2 aromatic carbocycles. The molecular weight excluding hydrogens is 382 g/mol. The van der Waals surface area contributed by atoms with Crippen molar-refractivity contribution in [2.75, 3.05) is 26.1 Å². The highest BCUT2D eigenvalue weighted by Gasteiger charge is 2.42. The van der Waals surface area contributed by atoms with Crippen LogP contribution in [0.5, 0.6) is 11.5 Å². The Morgan fingerprint density at radius 2 is 1.90 bits per heavy atom. The smallest absolute Gasteiger partial charge is 0.187 e. The fourth-order valence-corrected chi connectivity index (χ4v) is 3.53. The van der Waals surface area contributed by atoms with Crippen molar-refractivity contribution in [1.29, 1.82) is 0 Å². The molecule has 2 atom stereocenters. The lowest BCUT2D eigenvalue weighted by atomic mass is 10.0. The molecule has 1 aliphatic rings. The van der Waals surface area contributed by atoms with Gasteiger partial charge >= 0.3 is 0 Å². The minimum Gasteiger partial charge on any atom is -0.497 e. The summed E-state index contributed by atoms with van der Waals surface area (Å²) >= 11 is 0. The maximum Gasteiger partial charge on any atom is 0.187 e. The minimum atomic E-state index is -0.726. The van der Waals surface area contributed by atoms with E-state index in [2.05, 4.69) is 17.1 Å². The van der Waals surface area contributed by atoms with Gasteiger partial charge in [-0.3, -0.25) is 0 Å². The summed E-state index contributed by atoms with van der Waals surface area (Å²) in [4.78, 5) is 4.14. The zero-order valence-electron chi connectivity index (χ0n) is 17.1. The van der Waals surface area contributed by atoms with Crippen LogP contribution in [0.1, 0.15) is 12.0 Å². The second-order valence-corrected chi connectivity index (χ2v) is 7.42. The summed E-state index contributed by atoms with van der Waals surface area (Å²) in [5, 5.41) is 0. The molecule has 1 fully saturated rings. The number of anilines is 1. The Labute approximate surface area is 176 Å². The average Bonchev–Trinajstić information content (AvgIpc) is 3.43. The molecule has 7 heteroatoms. The van der Waals surface area contributed by atoms with Crippen molar-refractivity contribution in [3.8, 4) is 11.5 Å². The number of nitrogens with zero attached hydrogens (tertiary/aromatic N) is 2. The summed E-state index contributed by atoms with van der Waals surface area (Å²) in [5.41, 5.74) is 7.64. The number of aryl methyl sites for hydroxylation is 1. The molecule has 30 heavy (non-hydrogen) atoms. The van der Waals surface area contributed by atoms with Gasteiger partial charge in [-0.2, -0.15) is 0 Å². The highest BCUT2D eigenvalue weighted by atomic mass is 16.8. The van der Waals surface area contributed by atoms with Crippen LogP contribution in [0.2, 0.25) is 0 Å².